The van der Waals surface area contributed by atoms with Gasteiger partial charge in [-0.05, 0) is 70.6 Å². The highest BCUT2D eigenvalue weighted by Crippen LogP contribution is 2.19. The molecule has 82 heavy (non-hydrogen) atoms. The zero-order valence-corrected chi connectivity index (χ0v) is 54.8. The molecule has 0 aromatic rings. The zero-order chi connectivity index (χ0) is 59.2. The average Bonchev–Trinajstić information content (AvgIpc) is 3.47. The summed E-state index contributed by atoms with van der Waals surface area (Å²) in [7, 11) is 0. The molecule has 0 aliphatic heterocycles. The van der Waals surface area contributed by atoms with E-state index in [0.29, 0.717) is 19.3 Å². The van der Waals surface area contributed by atoms with E-state index in [9.17, 15) is 14.4 Å². The van der Waals surface area contributed by atoms with Gasteiger partial charge in [-0.25, -0.2) is 0 Å². The van der Waals surface area contributed by atoms with E-state index in [-0.39, 0.29) is 31.1 Å². The predicted molar refractivity (Wildman–Crippen MR) is 358 cm³/mol. The molecule has 0 N–H and O–H groups in total. The summed E-state index contributed by atoms with van der Waals surface area (Å²) in [5.74, 6) is -0.873. The van der Waals surface area contributed by atoms with E-state index in [1.807, 2.05) is 0 Å². The minimum Gasteiger partial charge on any atom is -0.462 e. The number of esters is 3. The third-order valence-electron chi connectivity index (χ3n) is 16.0. The molecule has 0 amide bonds. The van der Waals surface area contributed by atoms with Crippen molar-refractivity contribution in [2.75, 3.05) is 13.2 Å². The van der Waals surface area contributed by atoms with E-state index in [0.717, 1.165) is 103 Å². The molecule has 0 aromatic heterocycles. The molecular weight excluding hydrogens is 1010 g/mol. The molecule has 0 aliphatic rings. The van der Waals surface area contributed by atoms with Crippen molar-refractivity contribution in [2.24, 2.45) is 0 Å². The second-order valence-corrected chi connectivity index (χ2v) is 24.1. The van der Waals surface area contributed by atoms with Gasteiger partial charge in [0.25, 0.3) is 0 Å². The Morgan fingerprint density at radius 1 is 0.256 bits per heavy atom. The van der Waals surface area contributed by atoms with Gasteiger partial charge in [0.05, 0.1) is 0 Å². The number of ether oxygens (including phenoxy) is 3. The lowest BCUT2D eigenvalue weighted by Gasteiger charge is -2.18. The van der Waals surface area contributed by atoms with E-state index in [4.69, 9.17) is 14.2 Å². The number of unbranched alkanes of at least 4 members (excludes halogenated alkanes) is 43. The van der Waals surface area contributed by atoms with Gasteiger partial charge in [-0.3, -0.25) is 14.4 Å². The first kappa shape index (κ1) is 78.8. The number of hydrogen-bond acceptors (Lipinski definition) is 6. The standard InChI is InChI=1S/C76H136O6/c1-4-7-10-13-15-17-19-21-23-25-27-29-31-33-35-37-39-40-42-44-46-48-50-52-54-56-58-60-63-66-69-75(78)81-72-73(71-80-74(77)68-65-62-12-9-6-3)82-76(79)70-67-64-61-59-57-55-53-51-49-47-45-43-41-38-36-34-32-30-28-26-24-22-20-18-16-14-11-8-5-2/h8,11,16,18,22,24,28,30,34,36,41,43,73H,4-7,9-10,12-15,17,19-21,23,25-27,29,31-33,35,37-40,42,44-72H2,1-3H3/b11-8-,18-16-,24-22-,30-28-,36-34-,43-41-. The van der Waals surface area contributed by atoms with Crippen molar-refractivity contribution in [1.29, 1.82) is 0 Å². The summed E-state index contributed by atoms with van der Waals surface area (Å²) in [5.41, 5.74) is 0. The number of rotatable bonds is 66. The molecule has 0 heterocycles. The molecule has 1 unspecified atom stereocenters. The Bertz CT molecular complexity index is 1500. The van der Waals surface area contributed by atoms with Gasteiger partial charge in [-0.1, -0.05) is 357 Å². The van der Waals surface area contributed by atoms with Crippen molar-refractivity contribution in [1.82, 2.24) is 0 Å². The van der Waals surface area contributed by atoms with E-state index in [1.165, 1.54) is 231 Å². The summed E-state index contributed by atoms with van der Waals surface area (Å²) in [6.45, 7) is 6.49. The molecule has 0 fully saturated rings. The lowest BCUT2D eigenvalue weighted by atomic mass is 10.0. The van der Waals surface area contributed by atoms with E-state index >= 15 is 0 Å². The van der Waals surface area contributed by atoms with Gasteiger partial charge >= 0.3 is 17.9 Å². The van der Waals surface area contributed by atoms with Crippen LogP contribution < -0.4 is 0 Å². The second-order valence-electron chi connectivity index (χ2n) is 24.1. The maximum absolute atomic E-state index is 12.9. The highest BCUT2D eigenvalue weighted by molar-refractivity contribution is 5.71. The van der Waals surface area contributed by atoms with Crippen LogP contribution in [0.25, 0.3) is 0 Å². The van der Waals surface area contributed by atoms with Gasteiger partial charge in [0.15, 0.2) is 6.10 Å². The third kappa shape index (κ3) is 67.6. The molecule has 0 spiro atoms. The molecule has 0 radical (unpaired) electrons. The van der Waals surface area contributed by atoms with Crippen LogP contribution in [0.5, 0.6) is 0 Å². The minimum atomic E-state index is -0.774. The normalized spacial score (nSPS) is 12.5. The van der Waals surface area contributed by atoms with Gasteiger partial charge in [0.1, 0.15) is 13.2 Å². The van der Waals surface area contributed by atoms with E-state index < -0.39 is 6.10 Å². The van der Waals surface area contributed by atoms with E-state index in [2.05, 4.69) is 93.7 Å². The van der Waals surface area contributed by atoms with Gasteiger partial charge in [-0.15, -0.1) is 0 Å². The summed E-state index contributed by atoms with van der Waals surface area (Å²) in [6.07, 6.45) is 92.8. The van der Waals surface area contributed by atoms with E-state index in [1.54, 1.807) is 0 Å². The van der Waals surface area contributed by atoms with Crippen LogP contribution in [-0.4, -0.2) is 37.2 Å². The van der Waals surface area contributed by atoms with Gasteiger partial charge in [0.2, 0.25) is 0 Å². The van der Waals surface area contributed by atoms with Crippen LogP contribution in [-0.2, 0) is 28.6 Å². The molecule has 6 nitrogen and oxygen atoms in total. The lowest BCUT2D eigenvalue weighted by Crippen LogP contribution is -2.30. The van der Waals surface area contributed by atoms with Crippen molar-refractivity contribution in [3.8, 4) is 0 Å². The first-order valence-electron chi connectivity index (χ1n) is 35.9. The molecule has 1 atom stereocenters. The first-order valence-corrected chi connectivity index (χ1v) is 35.9. The summed E-state index contributed by atoms with van der Waals surface area (Å²) in [6, 6.07) is 0. The Morgan fingerprint density at radius 3 is 0.744 bits per heavy atom. The predicted octanol–water partition coefficient (Wildman–Crippen LogP) is 24.8. The van der Waals surface area contributed by atoms with Crippen LogP contribution in [0.15, 0.2) is 72.9 Å². The third-order valence-corrected chi connectivity index (χ3v) is 16.0. The Morgan fingerprint density at radius 2 is 0.476 bits per heavy atom. The quantitative estimate of drug-likeness (QED) is 0.0261. The Kier molecular flexibility index (Phi) is 67.6. The molecule has 0 aliphatic carbocycles. The highest BCUT2D eigenvalue weighted by Gasteiger charge is 2.19. The summed E-state index contributed by atoms with van der Waals surface area (Å²) in [4.78, 5) is 38.0. The van der Waals surface area contributed by atoms with Crippen molar-refractivity contribution < 1.29 is 28.6 Å². The molecule has 0 aromatic carbocycles. The van der Waals surface area contributed by atoms with Crippen LogP contribution in [0.2, 0.25) is 0 Å². The van der Waals surface area contributed by atoms with Gasteiger partial charge < -0.3 is 14.2 Å². The maximum atomic E-state index is 12.9. The maximum Gasteiger partial charge on any atom is 0.306 e. The van der Waals surface area contributed by atoms with Crippen LogP contribution in [0.1, 0.15) is 374 Å². The number of carbonyl (C=O) groups is 3. The minimum absolute atomic E-state index is 0.0730. The molecule has 0 saturated heterocycles. The smallest absolute Gasteiger partial charge is 0.306 e. The van der Waals surface area contributed by atoms with Crippen LogP contribution in [0.4, 0.5) is 0 Å². The number of hydrogen-bond donors (Lipinski definition) is 0. The molecule has 0 rings (SSSR count). The Balaban J connectivity index is 3.95. The molecule has 0 bridgehead atoms. The van der Waals surface area contributed by atoms with Crippen molar-refractivity contribution >= 4 is 17.9 Å². The van der Waals surface area contributed by atoms with Gasteiger partial charge in [0, 0.05) is 19.3 Å². The first-order chi connectivity index (χ1) is 40.5. The fourth-order valence-corrected chi connectivity index (χ4v) is 10.6. The van der Waals surface area contributed by atoms with Crippen molar-refractivity contribution in [2.45, 2.75) is 380 Å². The monoisotopic (exact) mass is 1150 g/mol. The van der Waals surface area contributed by atoms with Gasteiger partial charge in [-0.2, -0.15) is 0 Å². The fraction of sp³-hybridized carbons (Fsp3) is 0.803. The lowest BCUT2D eigenvalue weighted by molar-refractivity contribution is -0.167. The van der Waals surface area contributed by atoms with Crippen LogP contribution in [0, 0.1) is 0 Å². The number of allylic oxidation sites excluding steroid dienone is 12. The zero-order valence-electron chi connectivity index (χ0n) is 54.8. The SMILES string of the molecule is CC/C=C\C/C=C\C/C=C\C/C=C\C/C=C\C/C=C\CCCCCCCCCCCCC(=O)OC(COC(=O)CCCCCCC)COC(=O)CCCCCCCCCCCCCCCCCCCCCCCCCCCCCCCC. The van der Waals surface area contributed by atoms with Crippen molar-refractivity contribution in [3.05, 3.63) is 72.9 Å². The van der Waals surface area contributed by atoms with Crippen molar-refractivity contribution in [3.63, 3.8) is 0 Å². The Hall–Kier alpha value is -3.15. The highest BCUT2D eigenvalue weighted by atomic mass is 16.6. The molecular formula is C76H136O6. The van der Waals surface area contributed by atoms with Crippen LogP contribution in [0.3, 0.4) is 0 Å². The van der Waals surface area contributed by atoms with Crippen LogP contribution >= 0.6 is 0 Å². The topological polar surface area (TPSA) is 78.9 Å². The summed E-state index contributed by atoms with van der Waals surface area (Å²) in [5, 5.41) is 0. The fourth-order valence-electron chi connectivity index (χ4n) is 10.6. The summed E-state index contributed by atoms with van der Waals surface area (Å²) < 4.78 is 16.8. The molecule has 6 heteroatoms. The Labute approximate surface area is 510 Å². The largest absolute Gasteiger partial charge is 0.462 e. The molecule has 0 saturated carbocycles. The summed E-state index contributed by atoms with van der Waals surface area (Å²) >= 11 is 0. The average molecular weight is 1150 g/mol. The number of carbonyl (C=O) groups excluding carboxylic acids is 3. The molecule has 476 valence electrons. The second kappa shape index (κ2) is 70.3.